The van der Waals surface area contributed by atoms with Gasteiger partial charge in [0.15, 0.2) is 0 Å². The summed E-state index contributed by atoms with van der Waals surface area (Å²) in [7, 11) is 0. The Hall–Kier alpha value is -0.820. The second-order valence-electron chi connectivity index (χ2n) is 4.55. The van der Waals surface area contributed by atoms with E-state index in [0.717, 1.165) is 37.1 Å². The normalized spacial score (nSPS) is 19.7. The number of nitrogens with zero attached hydrogens (tertiary/aromatic N) is 1. The lowest BCUT2D eigenvalue weighted by atomic mass is 10.0. The van der Waals surface area contributed by atoms with Crippen molar-refractivity contribution in [1.82, 2.24) is 4.90 Å². The Morgan fingerprint density at radius 2 is 2.33 bits per heavy atom. The highest BCUT2D eigenvalue weighted by Gasteiger charge is 2.24. The van der Waals surface area contributed by atoms with Crippen LogP contribution >= 0.6 is 22.9 Å². The Morgan fingerprint density at radius 3 is 3.06 bits per heavy atom. The van der Waals surface area contributed by atoms with Crippen LogP contribution in [0.3, 0.4) is 0 Å². The van der Waals surface area contributed by atoms with Crippen LogP contribution in [0.2, 0.25) is 0 Å². The van der Waals surface area contributed by atoms with E-state index in [1.165, 1.54) is 0 Å². The van der Waals surface area contributed by atoms with E-state index in [1.807, 2.05) is 29.2 Å². The highest BCUT2D eigenvalue weighted by molar-refractivity contribution is 14.1. The highest BCUT2D eigenvalue weighted by Crippen LogP contribution is 2.21. The molecular weight excluding hydrogens is 341 g/mol. The average molecular weight is 359 g/mol. The van der Waals surface area contributed by atoms with E-state index < -0.39 is 0 Å². The van der Waals surface area contributed by atoms with E-state index in [1.54, 1.807) is 0 Å². The van der Waals surface area contributed by atoms with Crippen molar-refractivity contribution in [3.63, 3.8) is 0 Å². The molecule has 1 heterocycles. The van der Waals surface area contributed by atoms with Crippen molar-refractivity contribution in [2.45, 2.75) is 25.3 Å². The first-order valence-electron chi connectivity index (χ1n) is 6.19. The molecule has 1 aliphatic rings. The number of nitrogens with one attached hydrogen (secondary N) is 2. The molecule has 0 spiro atoms. The maximum atomic E-state index is 9.41. The van der Waals surface area contributed by atoms with Crippen LogP contribution in [0.5, 0.6) is 0 Å². The van der Waals surface area contributed by atoms with Gasteiger partial charge >= 0.3 is 0 Å². The third-order valence-electron chi connectivity index (χ3n) is 3.37. The molecular formula is C13H18IN3O. The number of benzene rings is 1. The number of rotatable bonds is 3. The summed E-state index contributed by atoms with van der Waals surface area (Å²) in [5, 5.41) is 17.7. The maximum absolute atomic E-state index is 9.41. The second kappa shape index (κ2) is 6.38. The minimum absolute atomic E-state index is 0.0995. The topological polar surface area (TPSA) is 59.4 Å². The van der Waals surface area contributed by atoms with Crippen LogP contribution in [0.1, 0.15) is 24.8 Å². The maximum Gasteiger partial charge on any atom is 0.128 e. The van der Waals surface area contributed by atoms with Gasteiger partial charge in [0, 0.05) is 17.8 Å². The van der Waals surface area contributed by atoms with Crippen molar-refractivity contribution < 1.29 is 5.11 Å². The molecule has 0 amide bonds. The Kier molecular flexibility index (Phi) is 4.82. The lowest BCUT2D eigenvalue weighted by Crippen LogP contribution is -2.45. The Morgan fingerprint density at radius 1 is 1.50 bits per heavy atom. The molecule has 1 fully saturated rings. The number of hydrogen-bond donors (Lipinski definition) is 3. The number of likely N-dealkylation sites (tertiary alicyclic amines) is 1. The smallest absolute Gasteiger partial charge is 0.128 e. The van der Waals surface area contributed by atoms with Crippen LogP contribution in [-0.2, 0) is 0 Å². The van der Waals surface area contributed by atoms with Gasteiger partial charge in [-0.3, -0.25) is 5.41 Å². The van der Waals surface area contributed by atoms with Crippen molar-refractivity contribution in [2.75, 3.05) is 16.7 Å². The highest BCUT2D eigenvalue weighted by atomic mass is 127. The molecule has 1 aromatic carbocycles. The van der Waals surface area contributed by atoms with Gasteiger partial charge < -0.3 is 13.5 Å². The molecule has 0 saturated carbocycles. The van der Waals surface area contributed by atoms with Crippen LogP contribution in [0.15, 0.2) is 24.3 Å². The number of aliphatic hydroxyl groups is 1. The Bertz CT molecular complexity index is 424. The van der Waals surface area contributed by atoms with E-state index in [-0.39, 0.29) is 12.6 Å². The molecule has 5 heteroatoms. The number of aliphatic hydroxyl groups excluding tert-OH is 1. The number of hydrogen-bond acceptors (Lipinski definition) is 3. The monoisotopic (exact) mass is 359 g/mol. The van der Waals surface area contributed by atoms with E-state index in [0.29, 0.717) is 5.84 Å². The van der Waals surface area contributed by atoms with Gasteiger partial charge in [-0.2, -0.15) is 0 Å². The van der Waals surface area contributed by atoms with Gasteiger partial charge in [-0.15, -0.1) is 0 Å². The lowest BCUT2D eigenvalue weighted by molar-refractivity contribution is 0.147. The third kappa shape index (κ3) is 2.95. The summed E-state index contributed by atoms with van der Waals surface area (Å²) in [5.41, 5.74) is 1.90. The van der Waals surface area contributed by atoms with Gasteiger partial charge in [0.1, 0.15) is 5.84 Å². The molecule has 0 aliphatic carbocycles. The number of piperidine rings is 1. The molecule has 1 unspecified atom stereocenters. The summed E-state index contributed by atoms with van der Waals surface area (Å²) < 4.78 is 3.06. The minimum Gasteiger partial charge on any atom is -0.394 e. The van der Waals surface area contributed by atoms with Crippen LogP contribution < -0.4 is 3.53 Å². The second-order valence-corrected chi connectivity index (χ2v) is 5.09. The standard InChI is InChI=1S/C13H18IN3O/c14-16-11-5-3-4-10(8-11)13(15)17-7-2-1-6-12(17)9-18/h3-5,8,12,15-16,18H,1-2,6-7,9H2. The summed E-state index contributed by atoms with van der Waals surface area (Å²) in [6.45, 7) is 0.999. The molecule has 18 heavy (non-hydrogen) atoms. The van der Waals surface area contributed by atoms with Gasteiger partial charge in [0.2, 0.25) is 0 Å². The summed E-state index contributed by atoms with van der Waals surface area (Å²) in [5.74, 6) is 0.516. The molecule has 1 saturated heterocycles. The van der Waals surface area contributed by atoms with E-state index >= 15 is 0 Å². The van der Waals surface area contributed by atoms with Crippen molar-refractivity contribution in [3.8, 4) is 0 Å². The molecule has 3 N–H and O–H groups in total. The summed E-state index contributed by atoms with van der Waals surface area (Å²) in [6.07, 6.45) is 3.22. The van der Waals surface area contributed by atoms with Gasteiger partial charge in [0.05, 0.1) is 35.5 Å². The van der Waals surface area contributed by atoms with Crippen LogP contribution in [0, 0.1) is 5.41 Å². The first-order valence-corrected chi connectivity index (χ1v) is 7.27. The van der Waals surface area contributed by atoms with Gasteiger partial charge in [-0.05, 0) is 31.4 Å². The zero-order chi connectivity index (χ0) is 13.0. The molecule has 0 aromatic heterocycles. The first-order chi connectivity index (χ1) is 8.76. The predicted octanol–water partition coefficient (Wildman–Crippen LogP) is 2.62. The van der Waals surface area contributed by atoms with E-state index in [4.69, 9.17) is 5.41 Å². The number of anilines is 1. The molecule has 2 rings (SSSR count). The largest absolute Gasteiger partial charge is 0.394 e. The number of halogens is 1. The molecule has 1 aliphatic heterocycles. The zero-order valence-electron chi connectivity index (χ0n) is 10.2. The molecule has 4 nitrogen and oxygen atoms in total. The first kappa shape index (κ1) is 13.6. The van der Waals surface area contributed by atoms with Gasteiger partial charge in [0.25, 0.3) is 0 Å². The van der Waals surface area contributed by atoms with Crippen molar-refractivity contribution in [1.29, 1.82) is 5.41 Å². The fourth-order valence-electron chi connectivity index (χ4n) is 2.38. The summed E-state index contributed by atoms with van der Waals surface area (Å²) >= 11 is 2.09. The Balaban J connectivity index is 2.18. The van der Waals surface area contributed by atoms with Gasteiger partial charge in [-0.25, -0.2) is 0 Å². The SMILES string of the molecule is N=C(c1cccc(NI)c1)N1CCCCC1CO. The Labute approximate surface area is 121 Å². The van der Waals surface area contributed by atoms with Crippen molar-refractivity contribution in [2.24, 2.45) is 0 Å². The molecule has 1 aromatic rings. The van der Waals surface area contributed by atoms with E-state index in [2.05, 4.69) is 26.4 Å². The zero-order valence-corrected chi connectivity index (χ0v) is 12.4. The van der Waals surface area contributed by atoms with Gasteiger partial charge in [-0.1, -0.05) is 12.1 Å². The molecule has 1 atom stereocenters. The fraction of sp³-hybridized carbons (Fsp3) is 0.462. The van der Waals surface area contributed by atoms with E-state index in [9.17, 15) is 5.11 Å². The molecule has 0 bridgehead atoms. The molecule has 98 valence electrons. The minimum atomic E-state index is 0.0995. The van der Waals surface area contributed by atoms with Crippen molar-refractivity contribution in [3.05, 3.63) is 29.8 Å². The fourth-order valence-corrected chi connectivity index (χ4v) is 2.71. The summed E-state index contributed by atoms with van der Waals surface area (Å²) in [6, 6.07) is 7.94. The molecule has 0 radical (unpaired) electrons. The number of amidine groups is 1. The van der Waals surface area contributed by atoms with Crippen molar-refractivity contribution >= 4 is 34.4 Å². The predicted molar refractivity (Wildman–Crippen MR) is 82.3 cm³/mol. The lowest BCUT2D eigenvalue weighted by Gasteiger charge is -2.36. The van der Waals surface area contributed by atoms with Crippen LogP contribution in [-0.4, -0.2) is 35.0 Å². The van der Waals surface area contributed by atoms with Crippen LogP contribution in [0.25, 0.3) is 0 Å². The third-order valence-corrected chi connectivity index (χ3v) is 3.99. The van der Waals surface area contributed by atoms with Crippen LogP contribution in [0.4, 0.5) is 5.69 Å². The quantitative estimate of drug-likeness (QED) is 0.337. The summed E-state index contributed by atoms with van der Waals surface area (Å²) in [4.78, 5) is 2.02. The average Bonchev–Trinajstić information content (AvgIpc) is 2.46.